The summed E-state index contributed by atoms with van der Waals surface area (Å²) in [6.07, 6.45) is 0. The highest BCUT2D eigenvalue weighted by Crippen LogP contribution is 2.33. The molecule has 0 radical (unpaired) electrons. The van der Waals surface area contributed by atoms with E-state index in [4.69, 9.17) is 34.8 Å². The molecular formula is C12H8Cl3NO3S. The molecule has 0 saturated heterocycles. The van der Waals surface area contributed by atoms with Crippen molar-refractivity contribution in [1.82, 2.24) is 0 Å². The molecule has 0 heterocycles. The van der Waals surface area contributed by atoms with Crippen LogP contribution in [-0.2, 0) is 10.0 Å². The topological polar surface area (TPSA) is 66.4 Å². The Kier molecular flexibility index (Phi) is 4.34. The molecule has 8 heteroatoms. The van der Waals surface area contributed by atoms with Crippen LogP contribution in [0.25, 0.3) is 0 Å². The Morgan fingerprint density at radius 1 is 0.950 bits per heavy atom. The van der Waals surface area contributed by atoms with Crippen molar-refractivity contribution in [3.8, 4) is 5.75 Å². The Bertz CT molecular complexity index is 763. The monoisotopic (exact) mass is 351 g/mol. The molecule has 0 aromatic heterocycles. The highest BCUT2D eigenvalue weighted by molar-refractivity contribution is 7.92. The number of phenols is 1. The van der Waals surface area contributed by atoms with E-state index in [1.54, 1.807) is 0 Å². The van der Waals surface area contributed by atoms with Crippen LogP contribution in [0.2, 0.25) is 15.1 Å². The summed E-state index contributed by atoms with van der Waals surface area (Å²) >= 11 is 17.5. The molecule has 20 heavy (non-hydrogen) atoms. The first-order valence-electron chi connectivity index (χ1n) is 5.26. The van der Waals surface area contributed by atoms with Gasteiger partial charge in [-0.05, 0) is 24.3 Å². The van der Waals surface area contributed by atoms with E-state index >= 15 is 0 Å². The number of rotatable bonds is 3. The van der Waals surface area contributed by atoms with E-state index in [1.807, 2.05) is 0 Å². The Labute approximate surface area is 131 Å². The molecule has 0 aliphatic carbocycles. The van der Waals surface area contributed by atoms with Crippen molar-refractivity contribution in [3.63, 3.8) is 0 Å². The summed E-state index contributed by atoms with van der Waals surface area (Å²) in [6.45, 7) is 0. The van der Waals surface area contributed by atoms with Gasteiger partial charge in [0.25, 0.3) is 10.0 Å². The molecule has 4 nitrogen and oxygen atoms in total. The molecule has 0 aliphatic heterocycles. The fourth-order valence-corrected chi connectivity index (χ4v) is 3.22. The summed E-state index contributed by atoms with van der Waals surface area (Å²) in [4.78, 5) is -0.0976. The minimum Gasteiger partial charge on any atom is -0.508 e. The van der Waals surface area contributed by atoms with Crippen molar-refractivity contribution >= 4 is 50.5 Å². The zero-order valence-corrected chi connectivity index (χ0v) is 12.9. The third-order valence-corrected chi connectivity index (χ3v) is 4.78. The molecule has 0 bridgehead atoms. The molecule has 0 fully saturated rings. The molecule has 2 N–H and O–H groups in total. The van der Waals surface area contributed by atoms with Gasteiger partial charge in [-0.15, -0.1) is 0 Å². The first kappa shape index (κ1) is 15.3. The van der Waals surface area contributed by atoms with Crippen LogP contribution in [0.5, 0.6) is 5.75 Å². The van der Waals surface area contributed by atoms with Crippen molar-refractivity contribution in [1.29, 1.82) is 0 Å². The Hall–Kier alpha value is -1.14. The zero-order chi connectivity index (χ0) is 14.9. The van der Waals surface area contributed by atoms with Crippen molar-refractivity contribution in [2.75, 3.05) is 4.72 Å². The van der Waals surface area contributed by atoms with Crippen LogP contribution in [0.4, 0.5) is 5.69 Å². The number of anilines is 1. The maximum Gasteiger partial charge on any atom is 0.262 e. The molecular weight excluding hydrogens is 345 g/mol. The van der Waals surface area contributed by atoms with Crippen LogP contribution in [0, 0.1) is 0 Å². The van der Waals surface area contributed by atoms with E-state index < -0.39 is 10.0 Å². The summed E-state index contributed by atoms with van der Waals surface area (Å²) in [5.74, 6) is -0.159. The number of aromatic hydroxyl groups is 1. The number of hydrogen-bond donors (Lipinski definition) is 2. The van der Waals surface area contributed by atoms with E-state index in [-0.39, 0.29) is 31.4 Å². The third kappa shape index (κ3) is 3.30. The molecule has 0 saturated carbocycles. The fourth-order valence-electron chi connectivity index (χ4n) is 1.46. The summed E-state index contributed by atoms with van der Waals surface area (Å²) in [7, 11) is -3.88. The minimum absolute atomic E-state index is 0.0976. The van der Waals surface area contributed by atoms with Crippen molar-refractivity contribution in [2.45, 2.75) is 4.90 Å². The summed E-state index contributed by atoms with van der Waals surface area (Å²) < 4.78 is 26.6. The van der Waals surface area contributed by atoms with Crippen LogP contribution in [0.1, 0.15) is 0 Å². The number of hydrogen-bond acceptors (Lipinski definition) is 3. The first-order chi connectivity index (χ1) is 9.29. The quantitative estimate of drug-likeness (QED) is 0.815. The van der Waals surface area contributed by atoms with Gasteiger partial charge in [0.2, 0.25) is 0 Å². The van der Waals surface area contributed by atoms with E-state index in [9.17, 15) is 13.5 Å². The van der Waals surface area contributed by atoms with Gasteiger partial charge in [-0.1, -0.05) is 40.9 Å². The number of sulfonamides is 1. The second kappa shape index (κ2) is 5.69. The molecule has 2 aromatic rings. The average molecular weight is 353 g/mol. The number of nitrogens with one attached hydrogen (secondary N) is 1. The molecule has 0 atom stereocenters. The van der Waals surface area contributed by atoms with Crippen LogP contribution in [0.15, 0.2) is 41.3 Å². The number of phenolic OH excluding ortho intramolecular Hbond substituents is 1. The van der Waals surface area contributed by atoms with Crippen LogP contribution in [0.3, 0.4) is 0 Å². The Morgan fingerprint density at radius 2 is 1.60 bits per heavy atom. The van der Waals surface area contributed by atoms with Gasteiger partial charge in [-0.3, -0.25) is 4.72 Å². The largest absolute Gasteiger partial charge is 0.508 e. The van der Waals surface area contributed by atoms with Gasteiger partial charge < -0.3 is 5.11 Å². The lowest BCUT2D eigenvalue weighted by atomic mass is 10.3. The van der Waals surface area contributed by atoms with Gasteiger partial charge in [0, 0.05) is 6.07 Å². The highest BCUT2D eigenvalue weighted by atomic mass is 35.5. The maximum absolute atomic E-state index is 12.1. The lowest BCUT2D eigenvalue weighted by Gasteiger charge is -2.11. The standard InChI is InChI=1S/C12H8Cl3NO3S/c13-9-5-11(15)12(6-10(9)14)16-20(18,19)8-3-1-2-7(17)4-8/h1-6,16-17H. The predicted octanol–water partition coefficient (Wildman–Crippen LogP) is 4.15. The minimum atomic E-state index is -3.88. The molecule has 0 amide bonds. The molecule has 2 aromatic carbocycles. The van der Waals surface area contributed by atoms with Gasteiger partial charge >= 0.3 is 0 Å². The second-order valence-corrected chi connectivity index (χ2v) is 6.75. The van der Waals surface area contributed by atoms with Gasteiger partial charge in [0.15, 0.2) is 0 Å². The molecule has 0 aliphatic rings. The van der Waals surface area contributed by atoms with Gasteiger partial charge in [0.1, 0.15) is 5.75 Å². The van der Waals surface area contributed by atoms with E-state index in [2.05, 4.69) is 4.72 Å². The average Bonchev–Trinajstić information content (AvgIpc) is 2.36. The lowest BCUT2D eigenvalue weighted by molar-refractivity contribution is 0.473. The summed E-state index contributed by atoms with van der Waals surface area (Å²) in [5.41, 5.74) is 0.101. The van der Waals surface area contributed by atoms with Gasteiger partial charge in [-0.25, -0.2) is 8.42 Å². The van der Waals surface area contributed by atoms with Crippen LogP contribution >= 0.6 is 34.8 Å². The SMILES string of the molecule is O=S(=O)(Nc1cc(Cl)c(Cl)cc1Cl)c1cccc(O)c1. The van der Waals surface area contributed by atoms with E-state index in [0.717, 1.165) is 6.07 Å². The van der Waals surface area contributed by atoms with Crippen LogP contribution < -0.4 is 4.72 Å². The predicted molar refractivity (Wildman–Crippen MR) is 80.4 cm³/mol. The molecule has 2 rings (SSSR count). The smallest absolute Gasteiger partial charge is 0.262 e. The van der Waals surface area contributed by atoms with E-state index in [0.29, 0.717) is 0 Å². The third-order valence-electron chi connectivity index (χ3n) is 2.38. The number of benzene rings is 2. The lowest BCUT2D eigenvalue weighted by Crippen LogP contribution is -2.13. The maximum atomic E-state index is 12.1. The summed E-state index contributed by atoms with van der Waals surface area (Å²) in [5, 5.41) is 9.83. The summed E-state index contributed by atoms with van der Waals surface area (Å²) in [6, 6.07) is 7.89. The number of halogens is 3. The van der Waals surface area contributed by atoms with Crippen LogP contribution in [-0.4, -0.2) is 13.5 Å². The second-order valence-electron chi connectivity index (χ2n) is 3.85. The van der Waals surface area contributed by atoms with Gasteiger partial charge in [0.05, 0.1) is 25.7 Å². The van der Waals surface area contributed by atoms with E-state index in [1.165, 1.54) is 30.3 Å². The Morgan fingerprint density at radius 3 is 2.25 bits per heavy atom. The molecule has 106 valence electrons. The molecule has 0 unspecified atom stereocenters. The Balaban J connectivity index is 2.41. The first-order valence-corrected chi connectivity index (χ1v) is 7.88. The van der Waals surface area contributed by atoms with Crippen molar-refractivity contribution in [2.24, 2.45) is 0 Å². The molecule has 0 spiro atoms. The fraction of sp³-hybridized carbons (Fsp3) is 0. The highest BCUT2D eigenvalue weighted by Gasteiger charge is 2.17. The van der Waals surface area contributed by atoms with Crippen molar-refractivity contribution < 1.29 is 13.5 Å². The normalized spacial score (nSPS) is 11.3. The van der Waals surface area contributed by atoms with Gasteiger partial charge in [-0.2, -0.15) is 0 Å². The zero-order valence-electron chi connectivity index (χ0n) is 9.77. The van der Waals surface area contributed by atoms with Crippen molar-refractivity contribution in [3.05, 3.63) is 51.5 Å².